The molecular weight excluding hydrogens is 371 g/mol. The second-order valence-corrected chi connectivity index (χ2v) is 8.35. The average molecular weight is 403 g/mol. The van der Waals surface area contributed by atoms with Gasteiger partial charge in [0.2, 0.25) is 0 Å². The first kappa shape index (κ1) is 20.7. The maximum absolute atomic E-state index is 15.4. The lowest BCUT2D eigenvalue weighted by atomic mass is 9.79. The van der Waals surface area contributed by atoms with Crippen molar-refractivity contribution in [3.63, 3.8) is 0 Å². The van der Waals surface area contributed by atoms with Gasteiger partial charge in [0.05, 0.1) is 6.61 Å². The zero-order chi connectivity index (χ0) is 20.9. The van der Waals surface area contributed by atoms with Gasteiger partial charge in [-0.2, -0.15) is 0 Å². The van der Waals surface area contributed by atoms with Crippen molar-refractivity contribution in [2.75, 3.05) is 6.61 Å². The fourth-order valence-electron chi connectivity index (χ4n) is 4.62. The molecule has 0 spiro atoms. The fourth-order valence-corrected chi connectivity index (χ4v) is 4.62. The summed E-state index contributed by atoms with van der Waals surface area (Å²) in [6.07, 6.45) is 10.1. The highest BCUT2D eigenvalue weighted by molar-refractivity contribution is 5.84. The first-order valence-corrected chi connectivity index (χ1v) is 11.3. The van der Waals surface area contributed by atoms with E-state index in [1.807, 2.05) is 25.1 Å². The first-order valence-electron chi connectivity index (χ1n) is 11.3. The molecule has 1 atom stereocenters. The third kappa shape index (κ3) is 4.43. The van der Waals surface area contributed by atoms with Crippen molar-refractivity contribution in [3.05, 3.63) is 88.8 Å². The average Bonchev–Trinajstić information content (AvgIpc) is 2.77. The zero-order valence-electron chi connectivity index (χ0n) is 18.1. The lowest BCUT2D eigenvalue weighted by molar-refractivity contribution is 0.324. The molecule has 1 unspecified atom stereocenters. The molecule has 0 saturated heterocycles. The van der Waals surface area contributed by atoms with Gasteiger partial charge in [-0.3, -0.25) is 0 Å². The van der Waals surface area contributed by atoms with E-state index in [2.05, 4.69) is 49.4 Å². The van der Waals surface area contributed by atoms with Gasteiger partial charge in [0, 0.05) is 5.39 Å². The van der Waals surface area contributed by atoms with E-state index in [1.165, 1.54) is 16.7 Å². The van der Waals surface area contributed by atoms with Gasteiger partial charge < -0.3 is 4.74 Å². The molecular formula is C28H31FO. The number of allylic oxidation sites excluding steroid dienone is 1. The van der Waals surface area contributed by atoms with E-state index in [-0.39, 0.29) is 11.7 Å². The van der Waals surface area contributed by atoms with Crippen molar-refractivity contribution in [2.24, 2.45) is 0 Å². The normalized spacial score (nSPS) is 16.2. The molecule has 0 aliphatic heterocycles. The summed E-state index contributed by atoms with van der Waals surface area (Å²) in [6, 6.07) is 16.7. The summed E-state index contributed by atoms with van der Waals surface area (Å²) in [5, 5.41) is 1.76. The van der Waals surface area contributed by atoms with Crippen LogP contribution in [0.5, 0.6) is 5.75 Å². The topological polar surface area (TPSA) is 9.23 Å². The van der Waals surface area contributed by atoms with Gasteiger partial charge in [-0.1, -0.05) is 61.9 Å². The van der Waals surface area contributed by atoms with E-state index in [4.69, 9.17) is 4.74 Å². The number of halogens is 1. The molecule has 3 aromatic rings. The highest BCUT2D eigenvalue weighted by Crippen LogP contribution is 2.37. The summed E-state index contributed by atoms with van der Waals surface area (Å²) in [5.74, 6) is 1.14. The van der Waals surface area contributed by atoms with E-state index in [0.29, 0.717) is 6.61 Å². The molecule has 0 fully saturated rings. The summed E-state index contributed by atoms with van der Waals surface area (Å²) in [6.45, 7) is 4.90. The Morgan fingerprint density at radius 2 is 1.97 bits per heavy atom. The molecule has 156 valence electrons. The Hall–Kier alpha value is -2.61. The second kappa shape index (κ2) is 9.47. The van der Waals surface area contributed by atoms with Crippen LogP contribution in [0.1, 0.15) is 61.3 Å². The van der Waals surface area contributed by atoms with E-state index >= 15 is 4.39 Å². The van der Waals surface area contributed by atoms with Crippen LogP contribution in [0.4, 0.5) is 4.39 Å². The monoisotopic (exact) mass is 402 g/mol. The predicted molar refractivity (Wildman–Crippen MR) is 124 cm³/mol. The van der Waals surface area contributed by atoms with Crippen LogP contribution in [0, 0.1) is 5.82 Å². The maximum atomic E-state index is 15.4. The molecule has 0 radical (unpaired) electrons. The number of ether oxygens (including phenoxy) is 1. The molecule has 30 heavy (non-hydrogen) atoms. The maximum Gasteiger partial charge on any atom is 0.134 e. The van der Waals surface area contributed by atoms with E-state index in [9.17, 15) is 0 Å². The molecule has 1 aliphatic carbocycles. The minimum absolute atomic E-state index is 0.0343. The predicted octanol–water partition coefficient (Wildman–Crippen LogP) is 7.55. The lowest BCUT2D eigenvalue weighted by Gasteiger charge is -2.26. The van der Waals surface area contributed by atoms with Crippen LogP contribution in [0.15, 0.2) is 60.7 Å². The molecule has 3 aromatic carbocycles. The number of rotatable bonds is 7. The van der Waals surface area contributed by atoms with Crippen molar-refractivity contribution in [1.82, 2.24) is 0 Å². The van der Waals surface area contributed by atoms with Crippen molar-refractivity contribution in [1.29, 1.82) is 0 Å². The zero-order valence-corrected chi connectivity index (χ0v) is 18.1. The van der Waals surface area contributed by atoms with Crippen LogP contribution in [-0.4, -0.2) is 6.61 Å². The van der Waals surface area contributed by atoms with Gasteiger partial charge in [-0.25, -0.2) is 4.39 Å². The first-order chi connectivity index (χ1) is 14.7. The van der Waals surface area contributed by atoms with Gasteiger partial charge in [0.1, 0.15) is 11.6 Å². The SMILES string of the molecule is CC=CCCOc1ccc2c(c1)CCC(c1ccc3cc(CCC)ccc3c1F)C2. The van der Waals surface area contributed by atoms with Crippen LogP contribution in [0.25, 0.3) is 10.8 Å². The Labute approximate surface area is 179 Å². The minimum atomic E-state index is -0.0343. The van der Waals surface area contributed by atoms with Crippen LogP contribution in [-0.2, 0) is 19.3 Å². The van der Waals surface area contributed by atoms with E-state index in [0.717, 1.165) is 60.6 Å². The Bertz CT molecular complexity index is 1050. The molecule has 0 aromatic heterocycles. The van der Waals surface area contributed by atoms with Crippen LogP contribution >= 0.6 is 0 Å². The quantitative estimate of drug-likeness (QED) is 0.293. The summed E-state index contributed by atoms with van der Waals surface area (Å²) < 4.78 is 21.3. The van der Waals surface area contributed by atoms with Gasteiger partial charge in [0.25, 0.3) is 0 Å². The Balaban J connectivity index is 1.52. The molecule has 0 bridgehead atoms. The van der Waals surface area contributed by atoms with Crippen LogP contribution in [0.2, 0.25) is 0 Å². The van der Waals surface area contributed by atoms with Gasteiger partial charge in [0.15, 0.2) is 0 Å². The van der Waals surface area contributed by atoms with Gasteiger partial charge in [-0.05, 0) is 84.7 Å². The molecule has 0 N–H and O–H groups in total. The highest BCUT2D eigenvalue weighted by atomic mass is 19.1. The Kier molecular flexibility index (Phi) is 6.52. The van der Waals surface area contributed by atoms with Gasteiger partial charge in [-0.15, -0.1) is 0 Å². The smallest absolute Gasteiger partial charge is 0.134 e. The standard InChI is InChI=1S/C28H31FO/c1-3-5-6-16-30-25-13-11-21-18-24(10-9-22(21)19-25)27-15-12-23-17-20(7-4-2)8-14-26(23)28(27)29/h3,5,8,11-15,17,19,24H,4,6-7,9-10,16,18H2,1-2H3. The highest BCUT2D eigenvalue weighted by Gasteiger charge is 2.24. The summed E-state index contributed by atoms with van der Waals surface area (Å²) in [5.41, 5.74) is 4.82. The number of hydrogen-bond acceptors (Lipinski definition) is 1. The van der Waals surface area contributed by atoms with Crippen LogP contribution in [0.3, 0.4) is 0 Å². The second-order valence-electron chi connectivity index (χ2n) is 8.35. The number of benzene rings is 3. The molecule has 0 saturated carbocycles. The minimum Gasteiger partial charge on any atom is -0.493 e. The number of fused-ring (bicyclic) bond motifs is 2. The lowest BCUT2D eigenvalue weighted by Crippen LogP contribution is -2.14. The van der Waals surface area contributed by atoms with Gasteiger partial charge >= 0.3 is 0 Å². The molecule has 1 nitrogen and oxygen atoms in total. The van der Waals surface area contributed by atoms with Crippen LogP contribution < -0.4 is 4.74 Å². The Morgan fingerprint density at radius 3 is 2.80 bits per heavy atom. The summed E-state index contributed by atoms with van der Waals surface area (Å²) in [7, 11) is 0. The molecule has 4 rings (SSSR count). The van der Waals surface area contributed by atoms with Crippen molar-refractivity contribution < 1.29 is 9.13 Å². The molecule has 0 heterocycles. The fraction of sp³-hybridized carbons (Fsp3) is 0.357. The Morgan fingerprint density at radius 1 is 1.07 bits per heavy atom. The summed E-state index contributed by atoms with van der Waals surface area (Å²) >= 11 is 0. The van der Waals surface area contributed by atoms with Crippen molar-refractivity contribution in [3.8, 4) is 5.75 Å². The molecule has 0 amide bonds. The number of aryl methyl sites for hydroxylation is 2. The van der Waals surface area contributed by atoms with Crippen molar-refractivity contribution >= 4 is 10.8 Å². The largest absolute Gasteiger partial charge is 0.493 e. The molecule has 2 heteroatoms. The number of hydrogen-bond donors (Lipinski definition) is 0. The third-order valence-corrected chi connectivity index (χ3v) is 6.22. The van der Waals surface area contributed by atoms with Crippen molar-refractivity contribution in [2.45, 2.75) is 58.3 Å². The van der Waals surface area contributed by atoms with E-state index in [1.54, 1.807) is 0 Å². The molecule has 1 aliphatic rings. The summed E-state index contributed by atoms with van der Waals surface area (Å²) in [4.78, 5) is 0. The van der Waals surface area contributed by atoms with E-state index < -0.39 is 0 Å². The third-order valence-electron chi connectivity index (χ3n) is 6.22.